The quantitative estimate of drug-likeness (QED) is 0.459. The monoisotopic (exact) mass is 377 g/mol. The van der Waals surface area contributed by atoms with Crippen molar-refractivity contribution < 1.29 is 0 Å². The zero-order valence-corrected chi connectivity index (χ0v) is 16.2. The van der Waals surface area contributed by atoms with E-state index in [0.717, 1.165) is 56.1 Å². The molecule has 29 heavy (non-hydrogen) atoms. The van der Waals surface area contributed by atoms with Crippen LogP contribution in [0.15, 0.2) is 73.3 Å². The molecule has 5 heteroatoms. The van der Waals surface area contributed by atoms with Crippen LogP contribution in [-0.2, 0) is 0 Å². The fourth-order valence-corrected chi connectivity index (χ4v) is 3.52. The number of aryl methyl sites for hydroxylation is 2. The molecule has 0 saturated carbocycles. The third kappa shape index (κ3) is 3.27. The van der Waals surface area contributed by atoms with Crippen LogP contribution in [0, 0.1) is 13.8 Å². The molecule has 0 unspecified atom stereocenters. The van der Waals surface area contributed by atoms with Gasteiger partial charge in [0.15, 0.2) is 0 Å². The van der Waals surface area contributed by atoms with Crippen LogP contribution in [0.5, 0.6) is 0 Å². The number of nitrogens with one attached hydrogen (secondary N) is 1. The Morgan fingerprint density at radius 3 is 2.31 bits per heavy atom. The van der Waals surface area contributed by atoms with Crippen molar-refractivity contribution in [2.45, 2.75) is 13.8 Å². The number of fused-ring (bicyclic) bond motifs is 1. The summed E-state index contributed by atoms with van der Waals surface area (Å²) >= 11 is 0. The summed E-state index contributed by atoms with van der Waals surface area (Å²) in [6.07, 6.45) is 7.64. The van der Waals surface area contributed by atoms with E-state index in [1.54, 1.807) is 0 Å². The highest BCUT2D eigenvalue weighted by Gasteiger charge is 2.12. The largest absolute Gasteiger partial charge is 0.366 e. The summed E-state index contributed by atoms with van der Waals surface area (Å²) in [5.41, 5.74) is 9.70. The van der Waals surface area contributed by atoms with E-state index in [1.165, 1.54) is 0 Å². The van der Waals surface area contributed by atoms with Crippen molar-refractivity contribution in [2.75, 3.05) is 0 Å². The minimum atomic E-state index is 0.860. The highest BCUT2D eigenvalue weighted by Crippen LogP contribution is 2.31. The number of aromatic nitrogens is 5. The molecular weight excluding hydrogens is 358 g/mol. The van der Waals surface area contributed by atoms with Crippen molar-refractivity contribution in [3.63, 3.8) is 0 Å². The fraction of sp³-hybridized carbons (Fsp3) is 0.0833. The number of rotatable bonds is 3. The highest BCUT2D eigenvalue weighted by molar-refractivity contribution is 5.86. The van der Waals surface area contributed by atoms with Gasteiger partial charge in [-0.25, -0.2) is 4.98 Å². The molecule has 0 atom stereocenters. The fourth-order valence-electron chi connectivity index (χ4n) is 3.52. The SMILES string of the molecule is Cc1cc(-c2cnc3ccc(-c4c[nH]cc4-c4cccc(C)n4)nc3c2)ccn1. The molecule has 5 rings (SSSR count). The molecule has 0 aromatic carbocycles. The number of pyridine rings is 4. The van der Waals surface area contributed by atoms with Crippen LogP contribution >= 0.6 is 0 Å². The van der Waals surface area contributed by atoms with E-state index in [4.69, 9.17) is 4.98 Å². The van der Waals surface area contributed by atoms with E-state index in [1.807, 2.05) is 75.0 Å². The van der Waals surface area contributed by atoms with Gasteiger partial charge in [-0.2, -0.15) is 0 Å². The number of nitrogens with zero attached hydrogens (tertiary/aromatic N) is 4. The van der Waals surface area contributed by atoms with Gasteiger partial charge in [-0.05, 0) is 61.9 Å². The maximum Gasteiger partial charge on any atom is 0.0900 e. The van der Waals surface area contributed by atoms with E-state index >= 15 is 0 Å². The van der Waals surface area contributed by atoms with Gasteiger partial charge in [0.1, 0.15) is 0 Å². The predicted octanol–water partition coefficient (Wildman–Crippen LogP) is 5.37. The molecule has 5 heterocycles. The minimum Gasteiger partial charge on any atom is -0.366 e. The van der Waals surface area contributed by atoms with Crippen molar-refractivity contribution in [3.8, 4) is 33.6 Å². The topological polar surface area (TPSA) is 67.3 Å². The van der Waals surface area contributed by atoms with Gasteiger partial charge in [0.25, 0.3) is 0 Å². The number of H-pyrrole nitrogens is 1. The zero-order valence-electron chi connectivity index (χ0n) is 16.2. The standard InChI is InChI=1S/C24H19N5/c1-15-4-3-5-21(28-15)19-13-25-14-20(19)22-6-7-23-24(29-22)11-18(12-27-23)17-8-9-26-16(2)10-17/h3-14,25H,1-2H3. The van der Waals surface area contributed by atoms with Crippen LogP contribution in [0.4, 0.5) is 0 Å². The first-order chi connectivity index (χ1) is 14.2. The maximum atomic E-state index is 4.91. The summed E-state index contributed by atoms with van der Waals surface area (Å²) in [6, 6.07) is 16.2. The zero-order chi connectivity index (χ0) is 19.8. The van der Waals surface area contributed by atoms with Crippen LogP contribution in [0.3, 0.4) is 0 Å². The first kappa shape index (κ1) is 17.3. The second-order valence-corrected chi connectivity index (χ2v) is 7.09. The summed E-state index contributed by atoms with van der Waals surface area (Å²) in [4.78, 5) is 21.6. The Morgan fingerprint density at radius 1 is 0.690 bits per heavy atom. The van der Waals surface area contributed by atoms with Crippen LogP contribution in [0.25, 0.3) is 44.7 Å². The molecule has 0 radical (unpaired) electrons. The molecule has 0 spiro atoms. The molecular formula is C24H19N5. The number of aromatic amines is 1. The molecule has 0 amide bonds. The van der Waals surface area contributed by atoms with Gasteiger partial charge >= 0.3 is 0 Å². The van der Waals surface area contributed by atoms with Crippen molar-refractivity contribution in [1.82, 2.24) is 24.9 Å². The molecule has 0 aliphatic rings. The Hall–Kier alpha value is -3.86. The normalized spacial score (nSPS) is 11.1. The molecule has 5 aromatic rings. The Bertz CT molecular complexity index is 1340. The van der Waals surface area contributed by atoms with E-state index in [-0.39, 0.29) is 0 Å². The molecule has 0 saturated heterocycles. The van der Waals surface area contributed by atoms with Gasteiger partial charge in [-0.3, -0.25) is 15.0 Å². The third-order valence-corrected chi connectivity index (χ3v) is 4.95. The van der Waals surface area contributed by atoms with Crippen molar-refractivity contribution >= 4 is 11.0 Å². The Morgan fingerprint density at radius 2 is 1.52 bits per heavy atom. The van der Waals surface area contributed by atoms with Gasteiger partial charge in [0.05, 0.1) is 22.4 Å². The molecule has 0 aliphatic carbocycles. The molecule has 0 fully saturated rings. The van der Waals surface area contributed by atoms with Crippen molar-refractivity contribution in [3.05, 3.63) is 84.7 Å². The smallest absolute Gasteiger partial charge is 0.0900 e. The highest BCUT2D eigenvalue weighted by atomic mass is 14.8. The molecule has 0 aliphatic heterocycles. The lowest BCUT2D eigenvalue weighted by Crippen LogP contribution is -1.91. The predicted molar refractivity (Wildman–Crippen MR) is 115 cm³/mol. The van der Waals surface area contributed by atoms with Crippen LogP contribution in [0.2, 0.25) is 0 Å². The van der Waals surface area contributed by atoms with E-state index in [9.17, 15) is 0 Å². The Kier molecular flexibility index (Phi) is 4.13. The first-order valence-corrected chi connectivity index (χ1v) is 9.48. The molecule has 0 bridgehead atoms. The maximum absolute atomic E-state index is 4.91. The average Bonchev–Trinajstić information content (AvgIpc) is 3.23. The molecule has 1 N–H and O–H groups in total. The van der Waals surface area contributed by atoms with Crippen LogP contribution < -0.4 is 0 Å². The second-order valence-electron chi connectivity index (χ2n) is 7.09. The summed E-state index contributed by atoms with van der Waals surface area (Å²) < 4.78 is 0. The van der Waals surface area contributed by atoms with E-state index < -0.39 is 0 Å². The molecule has 5 nitrogen and oxygen atoms in total. The first-order valence-electron chi connectivity index (χ1n) is 9.48. The molecule has 140 valence electrons. The number of hydrogen-bond acceptors (Lipinski definition) is 4. The lowest BCUT2D eigenvalue weighted by Gasteiger charge is -2.07. The van der Waals surface area contributed by atoms with Gasteiger partial charge in [0.2, 0.25) is 0 Å². The summed E-state index contributed by atoms with van der Waals surface area (Å²) in [5, 5.41) is 0. The average molecular weight is 377 g/mol. The number of hydrogen-bond donors (Lipinski definition) is 1. The van der Waals surface area contributed by atoms with Crippen molar-refractivity contribution in [1.29, 1.82) is 0 Å². The molecule has 5 aromatic heterocycles. The van der Waals surface area contributed by atoms with Gasteiger partial charge < -0.3 is 4.98 Å². The second kappa shape index (κ2) is 6.95. The third-order valence-electron chi connectivity index (χ3n) is 4.95. The Labute approximate surface area is 168 Å². The lowest BCUT2D eigenvalue weighted by atomic mass is 10.0. The van der Waals surface area contributed by atoms with Gasteiger partial charge in [-0.15, -0.1) is 0 Å². The minimum absolute atomic E-state index is 0.860. The van der Waals surface area contributed by atoms with Crippen LogP contribution in [0.1, 0.15) is 11.4 Å². The summed E-state index contributed by atoms with van der Waals surface area (Å²) in [6.45, 7) is 3.99. The van der Waals surface area contributed by atoms with Crippen LogP contribution in [-0.4, -0.2) is 24.9 Å². The van der Waals surface area contributed by atoms with Crippen molar-refractivity contribution in [2.24, 2.45) is 0 Å². The van der Waals surface area contributed by atoms with E-state index in [0.29, 0.717) is 0 Å². The Balaban J connectivity index is 1.61. The summed E-state index contributed by atoms with van der Waals surface area (Å²) in [5.74, 6) is 0. The summed E-state index contributed by atoms with van der Waals surface area (Å²) in [7, 11) is 0. The van der Waals surface area contributed by atoms with Gasteiger partial charge in [-0.1, -0.05) is 6.07 Å². The van der Waals surface area contributed by atoms with Gasteiger partial charge in [0, 0.05) is 52.9 Å². The lowest BCUT2D eigenvalue weighted by molar-refractivity contribution is 1.20. The van der Waals surface area contributed by atoms with E-state index in [2.05, 4.69) is 32.1 Å².